The van der Waals surface area contributed by atoms with Crippen LogP contribution in [0.15, 0.2) is 24.3 Å². The molecule has 0 radical (unpaired) electrons. The van der Waals surface area contributed by atoms with Gasteiger partial charge in [-0.15, -0.1) is 0 Å². The third kappa shape index (κ3) is 2.77. The monoisotopic (exact) mass is 251 g/mol. The molecule has 0 aliphatic carbocycles. The van der Waals surface area contributed by atoms with Crippen LogP contribution in [-0.2, 0) is 4.79 Å². The van der Waals surface area contributed by atoms with Crippen LogP contribution in [0.3, 0.4) is 0 Å². The van der Waals surface area contributed by atoms with Crippen molar-refractivity contribution in [1.82, 2.24) is 0 Å². The van der Waals surface area contributed by atoms with Gasteiger partial charge in [-0.2, -0.15) is 0 Å². The fraction of sp³-hybridized carbons (Fsp3) is 0.222. The van der Waals surface area contributed by atoms with E-state index in [2.05, 4.69) is 0 Å². The Morgan fingerprint density at radius 1 is 1.29 bits per heavy atom. The summed E-state index contributed by atoms with van der Waals surface area (Å²) < 4.78 is 0. The SMILES string of the molecule is CN(C(=O)C(Cl)Cl)c1ccc(Cl)cc1. The standard InChI is InChI=1S/C9H8Cl3NO/c1-13(9(14)8(11)12)7-4-2-6(10)3-5-7/h2-5,8H,1H3. The maximum atomic E-state index is 11.4. The minimum Gasteiger partial charge on any atom is -0.313 e. The summed E-state index contributed by atoms with van der Waals surface area (Å²) in [6.45, 7) is 0. The van der Waals surface area contributed by atoms with E-state index in [-0.39, 0.29) is 5.91 Å². The molecular formula is C9H8Cl3NO. The largest absolute Gasteiger partial charge is 0.313 e. The average Bonchev–Trinajstić information content (AvgIpc) is 2.16. The van der Waals surface area contributed by atoms with E-state index >= 15 is 0 Å². The van der Waals surface area contributed by atoms with Crippen molar-refractivity contribution in [2.24, 2.45) is 0 Å². The Hall–Kier alpha value is -0.440. The van der Waals surface area contributed by atoms with Crippen molar-refractivity contribution in [3.8, 4) is 0 Å². The maximum Gasteiger partial charge on any atom is 0.260 e. The Kier molecular flexibility index (Phi) is 4.05. The topological polar surface area (TPSA) is 20.3 Å². The normalized spacial score (nSPS) is 10.4. The predicted octanol–water partition coefficient (Wildman–Crippen LogP) is 3.11. The second-order valence-electron chi connectivity index (χ2n) is 2.67. The number of hydrogen-bond donors (Lipinski definition) is 0. The van der Waals surface area contributed by atoms with Crippen LogP contribution >= 0.6 is 34.8 Å². The molecule has 0 saturated heterocycles. The van der Waals surface area contributed by atoms with E-state index < -0.39 is 4.84 Å². The van der Waals surface area contributed by atoms with E-state index in [0.717, 1.165) is 0 Å². The molecule has 76 valence electrons. The van der Waals surface area contributed by atoms with Crippen LogP contribution in [0.5, 0.6) is 0 Å². The number of carbonyl (C=O) groups is 1. The lowest BCUT2D eigenvalue weighted by Crippen LogP contribution is -2.30. The Bertz CT molecular complexity index is 323. The number of hydrogen-bond acceptors (Lipinski definition) is 1. The van der Waals surface area contributed by atoms with Crippen molar-refractivity contribution < 1.29 is 4.79 Å². The number of carbonyl (C=O) groups excluding carboxylic acids is 1. The van der Waals surface area contributed by atoms with Crippen molar-refractivity contribution >= 4 is 46.4 Å². The summed E-state index contributed by atoms with van der Waals surface area (Å²) in [4.78, 5) is 11.7. The van der Waals surface area contributed by atoms with Crippen LogP contribution in [-0.4, -0.2) is 17.8 Å². The Morgan fingerprint density at radius 3 is 2.21 bits per heavy atom. The molecule has 0 spiro atoms. The van der Waals surface area contributed by atoms with Crippen molar-refractivity contribution in [1.29, 1.82) is 0 Å². The lowest BCUT2D eigenvalue weighted by Gasteiger charge is -2.17. The van der Waals surface area contributed by atoms with Crippen LogP contribution < -0.4 is 4.90 Å². The van der Waals surface area contributed by atoms with Gasteiger partial charge in [0.1, 0.15) is 0 Å². The average molecular weight is 253 g/mol. The molecule has 0 fully saturated rings. The van der Waals surface area contributed by atoms with E-state index in [1.165, 1.54) is 4.90 Å². The molecule has 0 unspecified atom stereocenters. The van der Waals surface area contributed by atoms with E-state index in [1.54, 1.807) is 31.3 Å². The summed E-state index contributed by atoms with van der Waals surface area (Å²) in [6, 6.07) is 6.82. The highest BCUT2D eigenvalue weighted by molar-refractivity contribution is 6.54. The highest BCUT2D eigenvalue weighted by Gasteiger charge is 2.17. The van der Waals surface area contributed by atoms with E-state index in [0.29, 0.717) is 10.7 Å². The molecule has 0 bridgehead atoms. The number of rotatable bonds is 2. The first-order valence-electron chi connectivity index (χ1n) is 3.83. The third-order valence-corrected chi connectivity index (χ3v) is 2.36. The molecule has 0 atom stereocenters. The van der Waals surface area contributed by atoms with Gasteiger partial charge >= 0.3 is 0 Å². The predicted molar refractivity (Wildman–Crippen MR) is 60.4 cm³/mol. The molecule has 0 heterocycles. The summed E-state index contributed by atoms with van der Waals surface area (Å²) in [6.07, 6.45) is 0. The van der Waals surface area contributed by atoms with Gasteiger partial charge in [0.2, 0.25) is 0 Å². The molecule has 0 saturated carbocycles. The number of amides is 1. The second-order valence-corrected chi connectivity index (χ2v) is 4.21. The maximum absolute atomic E-state index is 11.4. The van der Waals surface area contributed by atoms with Crippen LogP contribution in [0.2, 0.25) is 5.02 Å². The second kappa shape index (κ2) is 4.87. The molecule has 1 aromatic carbocycles. The zero-order chi connectivity index (χ0) is 10.7. The molecule has 0 N–H and O–H groups in total. The molecule has 14 heavy (non-hydrogen) atoms. The molecule has 1 amide bonds. The smallest absolute Gasteiger partial charge is 0.260 e. The molecule has 1 aromatic rings. The Morgan fingerprint density at radius 2 is 1.79 bits per heavy atom. The van der Waals surface area contributed by atoms with Gasteiger partial charge in [0.25, 0.3) is 5.91 Å². The first-order chi connectivity index (χ1) is 6.52. The minimum absolute atomic E-state index is 0.365. The van der Waals surface area contributed by atoms with Gasteiger partial charge < -0.3 is 4.90 Å². The summed E-state index contributed by atoms with van der Waals surface area (Å²) in [5.74, 6) is -0.365. The van der Waals surface area contributed by atoms with E-state index in [1.807, 2.05) is 0 Å². The molecule has 1 rings (SSSR count). The van der Waals surface area contributed by atoms with Crippen LogP contribution in [0, 0.1) is 0 Å². The molecule has 0 aliphatic rings. The van der Waals surface area contributed by atoms with Crippen molar-refractivity contribution in [3.05, 3.63) is 29.3 Å². The van der Waals surface area contributed by atoms with E-state index in [9.17, 15) is 4.79 Å². The first-order valence-corrected chi connectivity index (χ1v) is 5.08. The van der Waals surface area contributed by atoms with Gasteiger partial charge in [-0.1, -0.05) is 34.8 Å². The lowest BCUT2D eigenvalue weighted by molar-refractivity contribution is -0.116. The molecule has 0 aliphatic heterocycles. The van der Waals surface area contributed by atoms with Crippen molar-refractivity contribution in [2.75, 3.05) is 11.9 Å². The van der Waals surface area contributed by atoms with Crippen LogP contribution in [0.4, 0.5) is 5.69 Å². The summed E-state index contributed by atoms with van der Waals surface area (Å²) >= 11 is 16.6. The Balaban J connectivity index is 2.84. The van der Waals surface area contributed by atoms with Gasteiger partial charge in [-0.3, -0.25) is 4.79 Å². The van der Waals surface area contributed by atoms with Crippen molar-refractivity contribution in [3.63, 3.8) is 0 Å². The highest BCUT2D eigenvalue weighted by Crippen LogP contribution is 2.19. The number of alkyl halides is 2. The molecule has 0 aromatic heterocycles. The fourth-order valence-electron chi connectivity index (χ4n) is 0.938. The number of nitrogens with zero attached hydrogens (tertiary/aromatic N) is 1. The number of anilines is 1. The van der Waals surface area contributed by atoms with Gasteiger partial charge in [-0.25, -0.2) is 0 Å². The highest BCUT2D eigenvalue weighted by atomic mass is 35.5. The summed E-state index contributed by atoms with van der Waals surface area (Å²) in [5, 5.41) is 0.614. The quantitative estimate of drug-likeness (QED) is 0.741. The zero-order valence-electron chi connectivity index (χ0n) is 7.38. The van der Waals surface area contributed by atoms with Gasteiger partial charge in [0, 0.05) is 17.8 Å². The van der Waals surface area contributed by atoms with Crippen molar-refractivity contribution in [2.45, 2.75) is 4.84 Å². The molecule has 5 heteroatoms. The Labute approximate surface area is 97.4 Å². The van der Waals surface area contributed by atoms with Gasteiger partial charge in [0.05, 0.1) is 0 Å². The third-order valence-electron chi connectivity index (χ3n) is 1.73. The minimum atomic E-state index is -1.05. The zero-order valence-corrected chi connectivity index (χ0v) is 9.64. The molecular weight excluding hydrogens is 244 g/mol. The summed E-state index contributed by atoms with van der Waals surface area (Å²) in [7, 11) is 1.60. The summed E-state index contributed by atoms with van der Waals surface area (Å²) in [5.41, 5.74) is 0.700. The first kappa shape index (κ1) is 11.6. The lowest BCUT2D eigenvalue weighted by atomic mass is 10.3. The van der Waals surface area contributed by atoms with Gasteiger partial charge in [0.15, 0.2) is 4.84 Å². The fourth-order valence-corrected chi connectivity index (χ4v) is 1.36. The number of halogens is 3. The molecule has 2 nitrogen and oxygen atoms in total. The van der Waals surface area contributed by atoms with Crippen LogP contribution in [0.1, 0.15) is 0 Å². The number of benzene rings is 1. The van der Waals surface area contributed by atoms with Crippen LogP contribution in [0.25, 0.3) is 0 Å². The van der Waals surface area contributed by atoms with E-state index in [4.69, 9.17) is 34.8 Å². The van der Waals surface area contributed by atoms with Gasteiger partial charge in [-0.05, 0) is 24.3 Å².